The van der Waals surface area contributed by atoms with Gasteiger partial charge in [-0.2, -0.15) is 0 Å². The fraction of sp³-hybridized carbons (Fsp3) is 0.678. The molecule has 0 aliphatic carbocycles. The van der Waals surface area contributed by atoms with Crippen molar-refractivity contribution < 1.29 is 28.6 Å². The highest BCUT2D eigenvalue weighted by Gasteiger charge is 2.19. The van der Waals surface area contributed by atoms with Crippen molar-refractivity contribution in [2.24, 2.45) is 0 Å². The molecule has 0 fully saturated rings. The Morgan fingerprint density at radius 2 is 0.600 bits per heavy atom. The lowest BCUT2D eigenvalue weighted by Gasteiger charge is -2.18. The first-order valence-corrected chi connectivity index (χ1v) is 26.7. The molecule has 0 bridgehead atoms. The first-order valence-electron chi connectivity index (χ1n) is 26.7. The van der Waals surface area contributed by atoms with Gasteiger partial charge in [-0.3, -0.25) is 14.4 Å². The molecule has 1 unspecified atom stereocenters. The van der Waals surface area contributed by atoms with Gasteiger partial charge in [0.2, 0.25) is 0 Å². The maximum Gasteiger partial charge on any atom is 0.306 e. The van der Waals surface area contributed by atoms with Crippen LogP contribution in [-0.2, 0) is 28.6 Å². The Labute approximate surface area is 400 Å². The summed E-state index contributed by atoms with van der Waals surface area (Å²) in [5.41, 5.74) is 0. The van der Waals surface area contributed by atoms with Crippen molar-refractivity contribution in [3.63, 3.8) is 0 Å². The lowest BCUT2D eigenvalue weighted by Crippen LogP contribution is -2.30. The zero-order chi connectivity index (χ0) is 47.2. The smallest absolute Gasteiger partial charge is 0.306 e. The molecular formula is C59H98O6. The van der Waals surface area contributed by atoms with Crippen LogP contribution in [0, 0.1) is 0 Å². The standard InChI is InChI=1S/C59H98O6/c1-4-7-10-13-16-19-22-25-28-29-30-31-32-35-37-40-43-46-49-52-58(61)64-55-56(65-59(62)53-50-47-44-41-38-34-27-24-21-18-15-12-9-6-3)54-63-57(60)51-48-45-42-39-36-33-26-23-20-17-14-11-8-5-2/h7,9-10,12,16,18-19,21,25,27-28,30-31,34-35,37,56H,4-6,8,11,13-15,17,20,22-24,26,29,32-33,36,38-55H2,1-3H3/b10-7-,12-9-,19-16-,21-18-,28-25-,31-30-,34-27-,37-35-. The van der Waals surface area contributed by atoms with Gasteiger partial charge < -0.3 is 14.2 Å². The Morgan fingerprint density at radius 3 is 0.954 bits per heavy atom. The molecule has 6 heteroatoms. The van der Waals surface area contributed by atoms with Crippen LogP contribution in [0.3, 0.4) is 0 Å². The lowest BCUT2D eigenvalue weighted by molar-refractivity contribution is -0.167. The summed E-state index contributed by atoms with van der Waals surface area (Å²) in [6.45, 7) is 6.36. The molecule has 0 aliphatic rings. The van der Waals surface area contributed by atoms with E-state index in [0.717, 1.165) is 128 Å². The number of hydrogen-bond donors (Lipinski definition) is 0. The third-order valence-electron chi connectivity index (χ3n) is 11.1. The number of hydrogen-bond acceptors (Lipinski definition) is 6. The summed E-state index contributed by atoms with van der Waals surface area (Å²) < 4.78 is 16.8. The minimum atomic E-state index is -0.802. The van der Waals surface area contributed by atoms with E-state index in [1.165, 1.54) is 70.6 Å². The predicted molar refractivity (Wildman–Crippen MR) is 279 cm³/mol. The average molecular weight is 903 g/mol. The second-order valence-corrected chi connectivity index (χ2v) is 17.4. The van der Waals surface area contributed by atoms with Crippen LogP contribution in [0.25, 0.3) is 0 Å². The quantitative estimate of drug-likeness (QED) is 0.0262. The normalized spacial score (nSPS) is 12.8. The van der Waals surface area contributed by atoms with E-state index in [1.807, 2.05) is 0 Å². The minimum absolute atomic E-state index is 0.0966. The second kappa shape index (κ2) is 52.9. The Bertz CT molecular complexity index is 1310. The van der Waals surface area contributed by atoms with E-state index in [2.05, 4.69) is 118 Å². The van der Waals surface area contributed by atoms with Gasteiger partial charge in [0.1, 0.15) is 13.2 Å². The molecule has 0 aliphatic heterocycles. The topological polar surface area (TPSA) is 78.9 Å². The van der Waals surface area contributed by atoms with Crippen LogP contribution in [0.2, 0.25) is 0 Å². The molecular weight excluding hydrogens is 805 g/mol. The van der Waals surface area contributed by atoms with Crippen molar-refractivity contribution in [2.75, 3.05) is 13.2 Å². The van der Waals surface area contributed by atoms with Crippen molar-refractivity contribution in [3.05, 3.63) is 97.2 Å². The van der Waals surface area contributed by atoms with E-state index in [9.17, 15) is 14.4 Å². The first-order chi connectivity index (χ1) is 32.0. The molecule has 0 saturated heterocycles. The summed E-state index contributed by atoms with van der Waals surface area (Å²) in [6, 6.07) is 0. The maximum absolute atomic E-state index is 12.8. The number of ether oxygens (including phenoxy) is 3. The zero-order valence-electron chi connectivity index (χ0n) is 42.2. The summed E-state index contributed by atoms with van der Waals surface area (Å²) in [5.74, 6) is -0.952. The summed E-state index contributed by atoms with van der Waals surface area (Å²) in [7, 11) is 0. The Hall–Kier alpha value is -3.67. The Balaban J connectivity index is 4.47. The van der Waals surface area contributed by atoms with Crippen molar-refractivity contribution in [2.45, 2.75) is 245 Å². The van der Waals surface area contributed by atoms with Gasteiger partial charge in [-0.05, 0) is 96.3 Å². The lowest BCUT2D eigenvalue weighted by atomic mass is 10.0. The number of unbranched alkanes of at least 4 members (excludes halogenated alkanes) is 20. The second-order valence-electron chi connectivity index (χ2n) is 17.4. The molecule has 0 heterocycles. The molecule has 6 nitrogen and oxygen atoms in total. The van der Waals surface area contributed by atoms with Gasteiger partial charge >= 0.3 is 17.9 Å². The van der Waals surface area contributed by atoms with Crippen LogP contribution in [0.5, 0.6) is 0 Å². The molecule has 0 aromatic rings. The molecule has 0 aromatic carbocycles. The van der Waals surface area contributed by atoms with Gasteiger partial charge in [0.05, 0.1) is 0 Å². The van der Waals surface area contributed by atoms with Gasteiger partial charge in [-0.25, -0.2) is 0 Å². The molecule has 0 radical (unpaired) electrons. The molecule has 370 valence electrons. The van der Waals surface area contributed by atoms with Crippen LogP contribution in [-0.4, -0.2) is 37.2 Å². The van der Waals surface area contributed by atoms with E-state index in [1.54, 1.807) is 0 Å². The van der Waals surface area contributed by atoms with E-state index < -0.39 is 6.10 Å². The van der Waals surface area contributed by atoms with Crippen molar-refractivity contribution in [3.8, 4) is 0 Å². The van der Waals surface area contributed by atoms with E-state index in [4.69, 9.17) is 14.2 Å². The van der Waals surface area contributed by atoms with Crippen molar-refractivity contribution in [1.82, 2.24) is 0 Å². The van der Waals surface area contributed by atoms with Gasteiger partial charge in [-0.1, -0.05) is 221 Å². The number of rotatable bonds is 47. The Morgan fingerprint density at radius 1 is 0.323 bits per heavy atom. The monoisotopic (exact) mass is 903 g/mol. The van der Waals surface area contributed by atoms with E-state index in [-0.39, 0.29) is 31.1 Å². The fourth-order valence-corrected chi connectivity index (χ4v) is 7.13. The predicted octanol–water partition coefficient (Wildman–Crippen LogP) is 17.8. The van der Waals surface area contributed by atoms with Crippen LogP contribution < -0.4 is 0 Å². The molecule has 0 spiro atoms. The van der Waals surface area contributed by atoms with Gasteiger partial charge in [-0.15, -0.1) is 0 Å². The highest BCUT2D eigenvalue weighted by atomic mass is 16.6. The van der Waals surface area contributed by atoms with Crippen LogP contribution in [0.15, 0.2) is 97.2 Å². The number of carbonyl (C=O) groups excluding carboxylic acids is 3. The highest BCUT2D eigenvalue weighted by Crippen LogP contribution is 2.15. The van der Waals surface area contributed by atoms with Gasteiger partial charge in [0.15, 0.2) is 6.10 Å². The molecule has 0 amide bonds. The number of carbonyl (C=O) groups is 3. The van der Waals surface area contributed by atoms with Gasteiger partial charge in [0, 0.05) is 19.3 Å². The number of esters is 3. The molecule has 1 atom stereocenters. The summed E-state index contributed by atoms with van der Waals surface area (Å²) in [5, 5.41) is 0. The van der Waals surface area contributed by atoms with E-state index >= 15 is 0 Å². The number of allylic oxidation sites excluding steroid dienone is 16. The van der Waals surface area contributed by atoms with Crippen molar-refractivity contribution in [1.29, 1.82) is 0 Å². The zero-order valence-corrected chi connectivity index (χ0v) is 42.2. The minimum Gasteiger partial charge on any atom is -0.462 e. The summed E-state index contributed by atoms with van der Waals surface area (Å²) in [4.78, 5) is 38.0. The highest BCUT2D eigenvalue weighted by molar-refractivity contribution is 5.71. The molecule has 0 N–H and O–H groups in total. The molecule has 0 rings (SSSR count). The maximum atomic E-state index is 12.8. The SMILES string of the molecule is CC/C=C\C/C=C\C/C=C\C/C=C\C/C=C\CCCCCC(=O)OCC(COC(=O)CCCCCCCCCCCCCCCC)OC(=O)CCCCCC/C=C\C/C=C\C/C=C\CC. The molecule has 65 heavy (non-hydrogen) atoms. The average Bonchev–Trinajstić information content (AvgIpc) is 3.30. The Kier molecular flexibility index (Phi) is 50.0. The van der Waals surface area contributed by atoms with Gasteiger partial charge in [0.25, 0.3) is 0 Å². The van der Waals surface area contributed by atoms with Crippen LogP contribution >= 0.6 is 0 Å². The summed E-state index contributed by atoms with van der Waals surface area (Å²) in [6.07, 6.45) is 69.6. The van der Waals surface area contributed by atoms with Crippen LogP contribution in [0.4, 0.5) is 0 Å². The largest absolute Gasteiger partial charge is 0.462 e. The van der Waals surface area contributed by atoms with E-state index in [0.29, 0.717) is 19.3 Å². The first kappa shape index (κ1) is 61.3. The third-order valence-corrected chi connectivity index (χ3v) is 11.1. The van der Waals surface area contributed by atoms with Crippen molar-refractivity contribution >= 4 is 17.9 Å². The molecule has 0 aromatic heterocycles. The van der Waals surface area contributed by atoms with Crippen LogP contribution in [0.1, 0.15) is 239 Å². The third kappa shape index (κ3) is 51.2. The summed E-state index contributed by atoms with van der Waals surface area (Å²) >= 11 is 0. The fourth-order valence-electron chi connectivity index (χ4n) is 7.13. The molecule has 0 saturated carbocycles.